The van der Waals surface area contributed by atoms with E-state index in [-0.39, 0.29) is 0 Å². The van der Waals surface area contributed by atoms with Crippen molar-refractivity contribution < 1.29 is 9.90 Å². The summed E-state index contributed by atoms with van der Waals surface area (Å²) in [4.78, 5) is 10.9. The number of rotatable bonds is 4. The maximum absolute atomic E-state index is 10.9. The Morgan fingerprint density at radius 3 is 2.67 bits per heavy atom. The lowest BCUT2D eigenvalue weighted by Gasteiger charge is -2.05. The van der Waals surface area contributed by atoms with Crippen LogP contribution in [-0.4, -0.2) is 36.1 Å². The van der Waals surface area contributed by atoms with Crippen molar-refractivity contribution in [2.45, 2.75) is 17.2 Å². The molecular formula is C14H12N4O2S. The van der Waals surface area contributed by atoms with Crippen LogP contribution >= 0.6 is 11.8 Å². The first kappa shape index (κ1) is 13.6. The van der Waals surface area contributed by atoms with E-state index in [0.29, 0.717) is 16.5 Å². The molecule has 7 heteroatoms. The van der Waals surface area contributed by atoms with Gasteiger partial charge in [-0.25, -0.2) is 0 Å². The molecule has 0 fully saturated rings. The molecule has 3 rings (SSSR count). The van der Waals surface area contributed by atoms with Crippen LogP contribution in [0.1, 0.15) is 6.92 Å². The molecule has 3 aromatic rings. The Morgan fingerprint density at radius 1 is 1.19 bits per heavy atom. The predicted molar refractivity (Wildman–Crippen MR) is 79.2 cm³/mol. The topological polar surface area (TPSA) is 80.4 Å². The van der Waals surface area contributed by atoms with E-state index < -0.39 is 11.2 Å². The van der Waals surface area contributed by atoms with Gasteiger partial charge in [-0.2, -0.15) is 9.61 Å². The molecular weight excluding hydrogens is 288 g/mol. The molecule has 6 nitrogen and oxygen atoms in total. The Labute approximate surface area is 124 Å². The molecule has 2 aromatic heterocycles. The molecule has 1 unspecified atom stereocenters. The van der Waals surface area contributed by atoms with Gasteiger partial charge in [0.25, 0.3) is 0 Å². The lowest BCUT2D eigenvalue weighted by Crippen LogP contribution is -2.11. The van der Waals surface area contributed by atoms with Crippen LogP contribution in [-0.2, 0) is 4.79 Å². The lowest BCUT2D eigenvalue weighted by atomic mass is 10.2. The third-order valence-corrected chi connectivity index (χ3v) is 3.93. The predicted octanol–water partition coefficient (Wildman–Crippen LogP) is 2.36. The first-order valence-corrected chi connectivity index (χ1v) is 7.20. The van der Waals surface area contributed by atoms with Gasteiger partial charge in [-0.3, -0.25) is 4.79 Å². The highest BCUT2D eigenvalue weighted by molar-refractivity contribution is 8.00. The summed E-state index contributed by atoms with van der Waals surface area (Å²) in [6.07, 6.45) is 0. The van der Waals surface area contributed by atoms with Crippen molar-refractivity contribution in [2.24, 2.45) is 0 Å². The number of hydrogen-bond acceptors (Lipinski definition) is 5. The fraction of sp³-hybridized carbons (Fsp3) is 0.143. The van der Waals surface area contributed by atoms with Gasteiger partial charge in [-0.1, -0.05) is 42.1 Å². The van der Waals surface area contributed by atoms with Crippen LogP contribution in [0.25, 0.3) is 17.0 Å². The van der Waals surface area contributed by atoms with Crippen LogP contribution in [0.4, 0.5) is 0 Å². The SMILES string of the molecule is CC(Sc1ccc2nnc(-c3ccccc3)n2n1)C(=O)O. The maximum atomic E-state index is 10.9. The number of carboxylic acid groups (broad SMARTS) is 1. The molecule has 2 heterocycles. The molecule has 1 aromatic carbocycles. The summed E-state index contributed by atoms with van der Waals surface area (Å²) >= 11 is 1.19. The largest absolute Gasteiger partial charge is 0.480 e. The van der Waals surface area contributed by atoms with E-state index in [2.05, 4.69) is 15.3 Å². The zero-order valence-corrected chi connectivity index (χ0v) is 12.0. The summed E-state index contributed by atoms with van der Waals surface area (Å²) in [6.45, 7) is 1.63. The minimum Gasteiger partial charge on any atom is -0.480 e. The van der Waals surface area contributed by atoms with Gasteiger partial charge < -0.3 is 5.11 Å². The Kier molecular flexibility index (Phi) is 3.57. The first-order chi connectivity index (χ1) is 10.1. The number of benzene rings is 1. The van der Waals surface area contributed by atoms with E-state index in [1.54, 1.807) is 23.6 Å². The van der Waals surface area contributed by atoms with E-state index in [9.17, 15) is 4.79 Å². The van der Waals surface area contributed by atoms with E-state index in [4.69, 9.17) is 5.11 Å². The minimum atomic E-state index is -0.867. The van der Waals surface area contributed by atoms with Crippen molar-refractivity contribution in [1.29, 1.82) is 0 Å². The van der Waals surface area contributed by atoms with E-state index in [0.717, 1.165) is 5.56 Å². The summed E-state index contributed by atoms with van der Waals surface area (Å²) in [5.74, 6) is -0.232. The van der Waals surface area contributed by atoms with E-state index in [1.807, 2.05) is 30.3 Å². The van der Waals surface area contributed by atoms with Crippen LogP contribution in [0.2, 0.25) is 0 Å². The number of fused-ring (bicyclic) bond motifs is 1. The fourth-order valence-corrected chi connectivity index (χ4v) is 2.57. The van der Waals surface area contributed by atoms with Gasteiger partial charge >= 0.3 is 5.97 Å². The van der Waals surface area contributed by atoms with Gasteiger partial charge in [0, 0.05) is 5.56 Å². The molecule has 106 valence electrons. The number of carbonyl (C=O) groups is 1. The maximum Gasteiger partial charge on any atom is 0.316 e. The normalized spacial score (nSPS) is 12.4. The van der Waals surface area contributed by atoms with E-state index >= 15 is 0 Å². The smallest absolute Gasteiger partial charge is 0.316 e. The molecule has 1 atom stereocenters. The van der Waals surface area contributed by atoms with Gasteiger partial charge in [0.05, 0.1) is 0 Å². The van der Waals surface area contributed by atoms with Crippen LogP contribution in [0.15, 0.2) is 47.5 Å². The highest BCUT2D eigenvalue weighted by Crippen LogP contribution is 2.23. The average molecular weight is 300 g/mol. The molecule has 0 aliphatic carbocycles. The third-order valence-electron chi connectivity index (χ3n) is 2.92. The number of thioether (sulfide) groups is 1. The summed E-state index contributed by atoms with van der Waals surface area (Å²) in [5, 5.41) is 21.7. The van der Waals surface area contributed by atoms with Crippen molar-refractivity contribution in [3.05, 3.63) is 42.5 Å². The standard InChI is InChI=1S/C14H12N4O2S/c1-9(14(19)20)21-12-8-7-11-15-16-13(18(11)17-12)10-5-3-2-4-6-10/h2-9H,1H3,(H,19,20). The number of aromatic nitrogens is 4. The van der Waals surface area contributed by atoms with Gasteiger partial charge in [0.1, 0.15) is 10.3 Å². The van der Waals surface area contributed by atoms with Crippen molar-refractivity contribution in [1.82, 2.24) is 19.8 Å². The Hall–Kier alpha value is -2.41. The summed E-state index contributed by atoms with van der Waals surface area (Å²) in [5.41, 5.74) is 1.53. The third kappa shape index (κ3) is 2.73. The van der Waals surface area contributed by atoms with Crippen molar-refractivity contribution >= 4 is 23.4 Å². The highest BCUT2D eigenvalue weighted by Gasteiger charge is 2.15. The fourth-order valence-electron chi connectivity index (χ4n) is 1.83. The molecule has 0 saturated heterocycles. The Morgan fingerprint density at radius 2 is 1.95 bits per heavy atom. The Bertz CT molecular complexity index is 788. The first-order valence-electron chi connectivity index (χ1n) is 6.32. The van der Waals surface area contributed by atoms with Crippen LogP contribution in [0.5, 0.6) is 0 Å². The second-order valence-electron chi connectivity index (χ2n) is 4.43. The zero-order valence-electron chi connectivity index (χ0n) is 11.2. The number of aliphatic carboxylic acids is 1. The molecule has 21 heavy (non-hydrogen) atoms. The second-order valence-corrected chi connectivity index (χ2v) is 5.79. The molecule has 0 saturated carbocycles. The quantitative estimate of drug-likeness (QED) is 0.745. The molecule has 1 N–H and O–H groups in total. The molecule has 0 spiro atoms. The second kappa shape index (κ2) is 5.53. The number of nitrogens with zero attached hydrogens (tertiary/aromatic N) is 4. The van der Waals surface area contributed by atoms with Crippen molar-refractivity contribution in [3.8, 4) is 11.4 Å². The Balaban J connectivity index is 2.02. The monoisotopic (exact) mass is 300 g/mol. The molecule has 0 aliphatic rings. The molecule has 0 aliphatic heterocycles. The number of hydrogen-bond donors (Lipinski definition) is 1. The van der Waals surface area contributed by atoms with Gasteiger partial charge in [-0.05, 0) is 19.1 Å². The van der Waals surface area contributed by atoms with Gasteiger partial charge in [0.15, 0.2) is 11.5 Å². The molecule has 0 bridgehead atoms. The van der Waals surface area contributed by atoms with Crippen LogP contribution < -0.4 is 0 Å². The highest BCUT2D eigenvalue weighted by atomic mass is 32.2. The minimum absolute atomic E-state index is 0.563. The average Bonchev–Trinajstić information content (AvgIpc) is 2.91. The van der Waals surface area contributed by atoms with Crippen molar-refractivity contribution in [2.75, 3.05) is 0 Å². The lowest BCUT2D eigenvalue weighted by molar-refractivity contribution is -0.136. The molecule has 0 radical (unpaired) electrons. The van der Waals surface area contributed by atoms with E-state index in [1.165, 1.54) is 11.8 Å². The van der Waals surface area contributed by atoms with Crippen LogP contribution in [0.3, 0.4) is 0 Å². The molecule has 0 amide bonds. The summed E-state index contributed by atoms with van der Waals surface area (Å²) in [7, 11) is 0. The van der Waals surface area contributed by atoms with Crippen LogP contribution in [0, 0.1) is 0 Å². The summed E-state index contributed by atoms with van der Waals surface area (Å²) < 4.78 is 1.63. The number of carboxylic acids is 1. The zero-order chi connectivity index (χ0) is 14.8. The summed E-state index contributed by atoms with van der Waals surface area (Å²) in [6, 6.07) is 13.2. The van der Waals surface area contributed by atoms with Gasteiger partial charge in [-0.15, -0.1) is 10.2 Å². The van der Waals surface area contributed by atoms with Crippen molar-refractivity contribution in [3.63, 3.8) is 0 Å². The van der Waals surface area contributed by atoms with Gasteiger partial charge in [0.2, 0.25) is 0 Å².